The number of ether oxygens (including phenoxy) is 1. The number of hydrogen-bond acceptors (Lipinski definition) is 2. The molecule has 0 aliphatic heterocycles. The first-order chi connectivity index (χ1) is 16.0. The lowest BCUT2D eigenvalue weighted by molar-refractivity contribution is 0.0728. The van der Waals surface area contributed by atoms with Gasteiger partial charge in [0.1, 0.15) is 5.75 Å². The van der Waals surface area contributed by atoms with Gasteiger partial charge in [-0.3, -0.25) is 0 Å². The highest BCUT2D eigenvalue weighted by Crippen LogP contribution is 2.34. The summed E-state index contributed by atoms with van der Waals surface area (Å²) in [5.41, 5.74) is 1.13. The van der Waals surface area contributed by atoms with Gasteiger partial charge in [0.05, 0.1) is 5.56 Å². The molecule has 0 radical (unpaired) electrons. The third-order valence-electron chi connectivity index (χ3n) is 7.06. The van der Waals surface area contributed by atoms with Gasteiger partial charge < -0.3 is 4.74 Å². The number of benzene rings is 2. The standard InChI is InChI=1S/C29H38F2O2/c1-3-5-6-8-22-9-11-23(12-10-22)13-16-24-17-20-26(28(31)27(24)30)29(32)33-25-18-14-21(7-4-2)15-19-25/h14-15,17-20,22-23H,3-13,16H2,1-2H3. The van der Waals surface area contributed by atoms with Crippen LogP contribution in [0.15, 0.2) is 36.4 Å². The minimum atomic E-state index is -1.11. The van der Waals surface area contributed by atoms with Crippen molar-refractivity contribution in [3.8, 4) is 5.75 Å². The van der Waals surface area contributed by atoms with E-state index < -0.39 is 17.6 Å². The molecule has 0 N–H and O–H groups in total. The van der Waals surface area contributed by atoms with Gasteiger partial charge in [-0.2, -0.15) is 0 Å². The third kappa shape index (κ3) is 7.38. The van der Waals surface area contributed by atoms with Crippen molar-refractivity contribution >= 4 is 5.97 Å². The van der Waals surface area contributed by atoms with Crippen molar-refractivity contribution in [2.45, 2.75) is 90.9 Å². The molecule has 0 saturated heterocycles. The molecule has 0 atom stereocenters. The van der Waals surface area contributed by atoms with Crippen LogP contribution in [0.3, 0.4) is 0 Å². The number of halogens is 2. The summed E-state index contributed by atoms with van der Waals surface area (Å²) in [7, 11) is 0. The van der Waals surface area contributed by atoms with E-state index in [0.29, 0.717) is 23.7 Å². The minimum absolute atomic E-state index is 0.328. The van der Waals surface area contributed by atoms with Crippen LogP contribution in [0.2, 0.25) is 0 Å². The normalized spacial score (nSPS) is 18.3. The highest BCUT2D eigenvalue weighted by atomic mass is 19.2. The molecule has 0 amide bonds. The number of carbonyl (C=O) groups is 1. The second-order valence-electron chi connectivity index (χ2n) is 9.60. The maximum absolute atomic E-state index is 14.7. The zero-order chi connectivity index (χ0) is 23.6. The van der Waals surface area contributed by atoms with Crippen molar-refractivity contribution in [3.63, 3.8) is 0 Å². The van der Waals surface area contributed by atoms with E-state index >= 15 is 0 Å². The zero-order valence-corrected chi connectivity index (χ0v) is 20.2. The first-order valence-corrected chi connectivity index (χ1v) is 12.8. The van der Waals surface area contributed by atoms with E-state index in [1.165, 1.54) is 63.5 Å². The number of unbranched alkanes of at least 4 members (excludes halogenated alkanes) is 2. The lowest BCUT2D eigenvalue weighted by Crippen LogP contribution is -2.16. The number of carbonyl (C=O) groups excluding carboxylic acids is 1. The van der Waals surface area contributed by atoms with E-state index in [1.807, 2.05) is 12.1 Å². The number of esters is 1. The van der Waals surface area contributed by atoms with Crippen molar-refractivity contribution in [2.75, 3.05) is 0 Å². The fraction of sp³-hybridized carbons (Fsp3) is 0.552. The van der Waals surface area contributed by atoms with Crippen LogP contribution in [0.4, 0.5) is 8.78 Å². The Balaban J connectivity index is 1.52. The van der Waals surface area contributed by atoms with Crippen LogP contribution in [0.1, 0.15) is 99.5 Å². The van der Waals surface area contributed by atoms with Crippen LogP contribution in [-0.2, 0) is 12.8 Å². The Hall–Kier alpha value is -2.23. The predicted molar refractivity (Wildman–Crippen MR) is 130 cm³/mol. The van der Waals surface area contributed by atoms with Crippen LogP contribution < -0.4 is 4.74 Å². The highest BCUT2D eigenvalue weighted by molar-refractivity contribution is 5.91. The average Bonchev–Trinajstić information content (AvgIpc) is 2.82. The van der Waals surface area contributed by atoms with Crippen molar-refractivity contribution in [3.05, 3.63) is 64.7 Å². The molecule has 0 unspecified atom stereocenters. The molecule has 2 nitrogen and oxygen atoms in total. The number of rotatable bonds is 11. The molecular weight excluding hydrogens is 418 g/mol. The molecule has 180 valence electrons. The molecule has 1 aliphatic carbocycles. The Morgan fingerprint density at radius 2 is 1.48 bits per heavy atom. The van der Waals surface area contributed by atoms with Crippen LogP contribution in [0.25, 0.3) is 0 Å². The second kappa shape index (κ2) is 12.9. The van der Waals surface area contributed by atoms with Crippen LogP contribution in [0, 0.1) is 23.5 Å². The molecular formula is C29H38F2O2. The maximum atomic E-state index is 14.7. The summed E-state index contributed by atoms with van der Waals surface area (Å²) in [5.74, 6) is -1.15. The predicted octanol–water partition coefficient (Wildman–Crippen LogP) is 8.46. The smallest absolute Gasteiger partial charge is 0.346 e. The van der Waals surface area contributed by atoms with Gasteiger partial charge in [0.15, 0.2) is 11.6 Å². The molecule has 1 saturated carbocycles. The van der Waals surface area contributed by atoms with Crippen molar-refractivity contribution in [1.29, 1.82) is 0 Å². The quantitative estimate of drug-likeness (QED) is 0.193. The average molecular weight is 457 g/mol. The van der Waals surface area contributed by atoms with Gasteiger partial charge in [0.2, 0.25) is 0 Å². The fourth-order valence-corrected chi connectivity index (χ4v) is 4.97. The molecule has 0 aromatic heterocycles. The molecule has 0 heterocycles. The van der Waals surface area contributed by atoms with E-state index in [1.54, 1.807) is 12.1 Å². The Labute approximate surface area is 197 Å². The summed E-state index contributed by atoms with van der Waals surface area (Å²) in [4.78, 5) is 12.4. The SMILES string of the molecule is CCCCCC1CCC(CCc2ccc(C(=O)Oc3ccc(CCC)cc3)c(F)c2F)CC1. The van der Waals surface area contributed by atoms with Gasteiger partial charge in [-0.1, -0.05) is 89.8 Å². The molecule has 1 aliphatic rings. The van der Waals surface area contributed by atoms with Crippen LogP contribution in [0.5, 0.6) is 5.75 Å². The van der Waals surface area contributed by atoms with Crippen molar-refractivity contribution in [2.24, 2.45) is 11.8 Å². The highest BCUT2D eigenvalue weighted by Gasteiger charge is 2.23. The molecule has 1 fully saturated rings. The molecule has 4 heteroatoms. The number of aryl methyl sites for hydroxylation is 2. The number of hydrogen-bond donors (Lipinski definition) is 0. The topological polar surface area (TPSA) is 26.3 Å². The van der Waals surface area contributed by atoms with Crippen LogP contribution >= 0.6 is 0 Å². The molecule has 3 rings (SSSR count). The molecule has 33 heavy (non-hydrogen) atoms. The molecule has 0 spiro atoms. The molecule has 0 bridgehead atoms. The summed E-state index contributed by atoms with van der Waals surface area (Å²) in [6.45, 7) is 4.33. The maximum Gasteiger partial charge on any atom is 0.346 e. The van der Waals surface area contributed by atoms with Crippen molar-refractivity contribution in [1.82, 2.24) is 0 Å². The first kappa shape index (κ1) is 25.4. The molecule has 2 aromatic rings. The van der Waals surface area contributed by atoms with E-state index in [2.05, 4.69) is 13.8 Å². The second-order valence-corrected chi connectivity index (χ2v) is 9.60. The molecule has 2 aromatic carbocycles. The summed E-state index contributed by atoms with van der Waals surface area (Å²) in [5, 5.41) is 0. The summed E-state index contributed by atoms with van der Waals surface area (Å²) in [6.07, 6.45) is 13.5. The fourth-order valence-electron chi connectivity index (χ4n) is 4.97. The Morgan fingerprint density at radius 3 is 2.12 bits per heavy atom. The van der Waals surface area contributed by atoms with E-state index in [4.69, 9.17) is 4.74 Å². The first-order valence-electron chi connectivity index (χ1n) is 12.8. The van der Waals surface area contributed by atoms with Crippen LogP contribution in [-0.4, -0.2) is 5.97 Å². The van der Waals surface area contributed by atoms with Crippen molar-refractivity contribution < 1.29 is 18.3 Å². The monoisotopic (exact) mass is 456 g/mol. The summed E-state index contributed by atoms with van der Waals surface area (Å²) < 4.78 is 34.6. The van der Waals surface area contributed by atoms with Gasteiger partial charge >= 0.3 is 5.97 Å². The van der Waals surface area contributed by atoms with Gasteiger partial charge in [0.25, 0.3) is 0 Å². The zero-order valence-electron chi connectivity index (χ0n) is 20.2. The largest absolute Gasteiger partial charge is 0.423 e. The van der Waals surface area contributed by atoms with E-state index in [9.17, 15) is 13.6 Å². The van der Waals surface area contributed by atoms with Gasteiger partial charge in [0, 0.05) is 0 Å². The Morgan fingerprint density at radius 1 is 0.818 bits per heavy atom. The summed E-state index contributed by atoms with van der Waals surface area (Å²) >= 11 is 0. The van der Waals surface area contributed by atoms with Gasteiger partial charge in [-0.25, -0.2) is 13.6 Å². The van der Waals surface area contributed by atoms with Gasteiger partial charge in [-0.05, 0) is 60.4 Å². The lowest BCUT2D eigenvalue weighted by atomic mass is 9.77. The summed E-state index contributed by atoms with van der Waals surface area (Å²) in [6, 6.07) is 10.0. The third-order valence-corrected chi connectivity index (χ3v) is 7.06. The Bertz CT molecular complexity index is 883. The van der Waals surface area contributed by atoms with E-state index in [0.717, 1.165) is 30.7 Å². The van der Waals surface area contributed by atoms with Gasteiger partial charge in [-0.15, -0.1) is 0 Å². The lowest BCUT2D eigenvalue weighted by Gasteiger charge is -2.28. The minimum Gasteiger partial charge on any atom is -0.423 e. The Kier molecular flexibility index (Phi) is 9.90. The van der Waals surface area contributed by atoms with E-state index in [-0.39, 0.29) is 5.56 Å².